The average Bonchev–Trinajstić information content (AvgIpc) is 2.80. The number of H-pyrrole nitrogens is 2. The van der Waals surface area contributed by atoms with Gasteiger partial charge < -0.3 is 15.3 Å². The first-order valence-corrected chi connectivity index (χ1v) is 6.52. The maximum absolute atomic E-state index is 11.3. The van der Waals surface area contributed by atoms with Crippen molar-refractivity contribution >= 4 is 16.7 Å². The van der Waals surface area contributed by atoms with Crippen molar-refractivity contribution in [2.45, 2.75) is 19.9 Å². The minimum absolute atomic E-state index is 0.126. The summed E-state index contributed by atoms with van der Waals surface area (Å²) in [4.78, 5) is 20.9. The summed E-state index contributed by atoms with van der Waals surface area (Å²) < 4.78 is 0. The SMILES string of the molecule is Cc1ccncc1NC(C)c1ccc2[nH]c(=O)[nH]c2c1. The van der Waals surface area contributed by atoms with Crippen LogP contribution in [0.1, 0.15) is 24.1 Å². The summed E-state index contributed by atoms with van der Waals surface area (Å²) in [5.41, 5.74) is 4.75. The van der Waals surface area contributed by atoms with Crippen molar-refractivity contribution in [2.75, 3.05) is 5.32 Å². The first kappa shape index (κ1) is 12.5. The highest BCUT2D eigenvalue weighted by atomic mass is 16.1. The van der Waals surface area contributed by atoms with Gasteiger partial charge in [0.25, 0.3) is 0 Å². The van der Waals surface area contributed by atoms with Gasteiger partial charge in [-0.15, -0.1) is 0 Å². The number of hydrogen-bond acceptors (Lipinski definition) is 3. The number of fused-ring (bicyclic) bond motifs is 1. The Hall–Kier alpha value is -2.56. The molecule has 0 amide bonds. The summed E-state index contributed by atoms with van der Waals surface area (Å²) in [6.45, 7) is 4.13. The van der Waals surface area contributed by atoms with E-state index in [9.17, 15) is 4.79 Å². The van der Waals surface area contributed by atoms with Gasteiger partial charge in [-0.1, -0.05) is 6.07 Å². The molecule has 0 fully saturated rings. The fourth-order valence-corrected chi connectivity index (χ4v) is 2.25. The lowest BCUT2D eigenvalue weighted by atomic mass is 10.1. The van der Waals surface area contributed by atoms with Crippen LogP contribution in [0.4, 0.5) is 5.69 Å². The molecule has 1 atom stereocenters. The molecule has 3 N–H and O–H groups in total. The van der Waals surface area contributed by atoms with Gasteiger partial charge in [0.1, 0.15) is 0 Å². The number of aromatic amines is 2. The van der Waals surface area contributed by atoms with Crippen LogP contribution >= 0.6 is 0 Å². The van der Waals surface area contributed by atoms with Gasteiger partial charge in [-0.05, 0) is 43.2 Å². The van der Waals surface area contributed by atoms with E-state index in [0.717, 1.165) is 27.8 Å². The van der Waals surface area contributed by atoms with E-state index in [0.29, 0.717) is 0 Å². The third-order valence-corrected chi connectivity index (χ3v) is 3.45. The van der Waals surface area contributed by atoms with Gasteiger partial charge in [-0.2, -0.15) is 0 Å². The van der Waals surface area contributed by atoms with Gasteiger partial charge in [0.15, 0.2) is 0 Å². The molecule has 0 radical (unpaired) electrons. The smallest absolute Gasteiger partial charge is 0.323 e. The maximum atomic E-state index is 11.3. The monoisotopic (exact) mass is 268 g/mol. The zero-order chi connectivity index (χ0) is 14.1. The zero-order valence-electron chi connectivity index (χ0n) is 11.4. The highest BCUT2D eigenvalue weighted by Crippen LogP contribution is 2.22. The second-order valence-corrected chi connectivity index (χ2v) is 4.94. The first-order valence-electron chi connectivity index (χ1n) is 6.52. The summed E-state index contributed by atoms with van der Waals surface area (Å²) in [7, 11) is 0. The van der Waals surface area contributed by atoms with Gasteiger partial charge in [-0.3, -0.25) is 4.98 Å². The molecular weight excluding hydrogens is 252 g/mol. The second kappa shape index (κ2) is 4.85. The lowest BCUT2D eigenvalue weighted by molar-refractivity contribution is 0.882. The molecular formula is C15H16N4O. The van der Waals surface area contributed by atoms with Crippen molar-refractivity contribution in [1.82, 2.24) is 15.0 Å². The van der Waals surface area contributed by atoms with Crippen molar-refractivity contribution in [2.24, 2.45) is 0 Å². The van der Waals surface area contributed by atoms with E-state index in [2.05, 4.69) is 27.2 Å². The molecule has 1 aromatic carbocycles. The first-order chi connectivity index (χ1) is 9.63. The molecule has 0 spiro atoms. The molecule has 3 rings (SSSR count). The van der Waals surface area contributed by atoms with E-state index in [4.69, 9.17) is 0 Å². The van der Waals surface area contributed by atoms with Crippen molar-refractivity contribution in [3.05, 3.63) is 58.3 Å². The van der Waals surface area contributed by atoms with Gasteiger partial charge >= 0.3 is 5.69 Å². The van der Waals surface area contributed by atoms with Crippen LogP contribution in [0.2, 0.25) is 0 Å². The number of nitrogens with one attached hydrogen (secondary N) is 3. The molecule has 0 saturated heterocycles. The quantitative estimate of drug-likeness (QED) is 0.683. The average molecular weight is 268 g/mol. The molecule has 5 nitrogen and oxygen atoms in total. The van der Waals surface area contributed by atoms with Crippen LogP contribution in [0.15, 0.2) is 41.5 Å². The van der Waals surface area contributed by atoms with Gasteiger partial charge in [0.2, 0.25) is 0 Å². The molecule has 20 heavy (non-hydrogen) atoms. The highest BCUT2D eigenvalue weighted by molar-refractivity contribution is 5.75. The Labute approximate surface area is 116 Å². The molecule has 3 aromatic rings. The maximum Gasteiger partial charge on any atom is 0.323 e. The lowest BCUT2D eigenvalue weighted by Gasteiger charge is -2.17. The standard InChI is InChI=1S/C15H16N4O/c1-9-5-6-16-8-14(9)17-10(2)11-3-4-12-13(7-11)19-15(20)18-12/h3-8,10,17H,1-2H3,(H2,18,19,20). The van der Waals surface area contributed by atoms with E-state index in [-0.39, 0.29) is 11.7 Å². The number of nitrogens with zero attached hydrogens (tertiary/aromatic N) is 1. The molecule has 5 heteroatoms. The Morgan fingerprint density at radius 1 is 1.20 bits per heavy atom. The lowest BCUT2D eigenvalue weighted by Crippen LogP contribution is -2.07. The molecule has 2 aromatic heterocycles. The summed E-state index contributed by atoms with van der Waals surface area (Å²) in [5, 5.41) is 3.43. The second-order valence-electron chi connectivity index (χ2n) is 4.94. The summed E-state index contributed by atoms with van der Waals surface area (Å²) in [5.74, 6) is 0. The van der Waals surface area contributed by atoms with Crippen LogP contribution in [0, 0.1) is 6.92 Å². The van der Waals surface area contributed by atoms with Gasteiger partial charge in [-0.25, -0.2) is 4.79 Å². The van der Waals surface area contributed by atoms with Crippen molar-refractivity contribution in [1.29, 1.82) is 0 Å². The summed E-state index contributed by atoms with van der Waals surface area (Å²) in [6, 6.07) is 8.01. The van der Waals surface area contributed by atoms with E-state index in [1.54, 1.807) is 6.20 Å². The molecule has 0 saturated carbocycles. The normalized spacial score (nSPS) is 12.5. The molecule has 2 heterocycles. The number of aryl methyl sites for hydroxylation is 1. The highest BCUT2D eigenvalue weighted by Gasteiger charge is 2.08. The third kappa shape index (κ3) is 2.30. The Kier molecular flexibility index (Phi) is 3.02. The summed E-state index contributed by atoms with van der Waals surface area (Å²) in [6.07, 6.45) is 3.60. The molecule has 102 valence electrons. The minimum atomic E-state index is -0.180. The number of anilines is 1. The van der Waals surface area contributed by atoms with Crippen LogP contribution in [-0.4, -0.2) is 15.0 Å². The summed E-state index contributed by atoms with van der Waals surface area (Å²) >= 11 is 0. The Bertz CT molecular complexity index is 803. The third-order valence-electron chi connectivity index (χ3n) is 3.45. The van der Waals surface area contributed by atoms with Gasteiger partial charge in [0.05, 0.1) is 22.9 Å². The number of pyridine rings is 1. The van der Waals surface area contributed by atoms with Crippen molar-refractivity contribution in [3.63, 3.8) is 0 Å². The number of hydrogen-bond donors (Lipinski definition) is 3. The molecule has 0 aliphatic carbocycles. The molecule has 0 aliphatic rings. The Balaban J connectivity index is 1.90. The number of aromatic nitrogens is 3. The van der Waals surface area contributed by atoms with Gasteiger partial charge in [0, 0.05) is 12.2 Å². The topological polar surface area (TPSA) is 73.6 Å². The van der Waals surface area contributed by atoms with Crippen LogP contribution in [-0.2, 0) is 0 Å². The van der Waals surface area contributed by atoms with Crippen LogP contribution in [0.25, 0.3) is 11.0 Å². The Morgan fingerprint density at radius 3 is 2.80 bits per heavy atom. The Morgan fingerprint density at radius 2 is 2.00 bits per heavy atom. The molecule has 0 bridgehead atoms. The number of benzene rings is 1. The largest absolute Gasteiger partial charge is 0.377 e. The fourth-order valence-electron chi connectivity index (χ4n) is 2.25. The predicted molar refractivity (Wildman–Crippen MR) is 79.9 cm³/mol. The zero-order valence-corrected chi connectivity index (χ0v) is 11.4. The molecule has 0 aliphatic heterocycles. The van der Waals surface area contributed by atoms with E-state index in [1.807, 2.05) is 37.4 Å². The number of imidazole rings is 1. The predicted octanol–water partition coefficient (Wildman–Crippen LogP) is 2.73. The van der Waals surface area contributed by atoms with E-state index < -0.39 is 0 Å². The van der Waals surface area contributed by atoms with E-state index in [1.165, 1.54) is 0 Å². The number of rotatable bonds is 3. The van der Waals surface area contributed by atoms with Crippen LogP contribution in [0.5, 0.6) is 0 Å². The van der Waals surface area contributed by atoms with Crippen molar-refractivity contribution in [3.8, 4) is 0 Å². The van der Waals surface area contributed by atoms with Crippen LogP contribution in [0.3, 0.4) is 0 Å². The molecule has 1 unspecified atom stereocenters. The van der Waals surface area contributed by atoms with Crippen LogP contribution < -0.4 is 11.0 Å². The minimum Gasteiger partial charge on any atom is -0.377 e. The van der Waals surface area contributed by atoms with Crippen molar-refractivity contribution < 1.29 is 0 Å². The fraction of sp³-hybridized carbons (Fsp3) is 0.200. The van der Waals surface area contributed by atoms with E-state index >= 15 is 0 Å².